The van der Waals surface area contributed by atoms with Crippen molar-refractivity contribution < 1.29 is 4.74 Å². The van der Waals surface area contributed by atoms with Crippen molar-refractivity contribution in [2.45, 2.75) is 18.4 Å². The molecule has 1 aromatic rings. The first-order valence-electron chi connectivity index (χ1n) is 5.62. The number of fused-ring (bicyclic) bond motifs is 1. The highest BCUT2D eigenvalue weighted by Gasteiger charge is 2.39. The minimum atomic E-state index is -0.642. The van der Waals surface area contributed by atoms with E-state index in [1.807, 2.05) is 31.1 Å². The van der Waals surface area contributed by atoms with Crippen molar-refractivity contribution in [1.29, 1.82) is 5.26 Å². The Bertz CT molecular complexity index is 467. The van der Waals surface area contributed by atoms with Crippen LogP contribution in [0.15, 0.2) is 18.2 Å². The summed E-state index contributed by atoms with van der Waals surface area (Å²) in [4.78, 5) is 1.94. The molecule has 17 heavy (non-hydrogen) atoms. The van der Waals surface area contributed by atoms with Crippen molar-refractivity contribution >= 4 is 11.6 Å². The van der Waals surface area contributed by atoms with E-state index in [9.17, 15) is 5.26 Å². The van der Waals surface area contributed by atoms with Gasteiger partial charge in [-0.2, -0.15) is 5.26 Å². The van der Waals surface area contributed by atoms with E-state index in [1.54, 1.807) is 6.07 Å². The second kappa shape index (κ2) is 4.56. The molecule has 1 atom stereocenters. The summed E-state index contributed by atoms with van der Waals surface area (Å²) >= 11 is 6.15. The maximum Gasteiger partial charge on any atom is 0.144 e. The number of ether oxygens (including phenoxy) is 1. The molecule has 0 saturated carbocycles. The van der Waals surface area contributed by atoms with Crippen molar-refractivity contribution in [3.63, 3.8) is 0 Å². The lowest BCUT2D eigenvalue weighted by molar-refractivity contribution is 0.202. The van der Waals surface area contributed by atoms with Gasteiger partial charge in [-0.1, -0.05) is 23.7 Å². The fourth-order valence-electron chi connectivity index (χ4n) is 2.30. The molecule has 0 aromatic heterocycles. The number of nitriles is 1. The van der Waals surface area contributed by atoms with Crippen LogP contribution in [0.5, 0.6) is 5.75 Å². The molecule has 0 fully saturated rings. The monoisotopic (exact) mass is 250 g/mol. The number of benzene rings is 1. The maximum atomic E-state index is 9.58. The van der Waals surface area contributed by atoms with Crippen LogP contribution in [0.3, 0.4) is 0 Å². The second-order valence-electron chi connectivity index (χ2n) is 4.44. The Morgan fingerprint density at radius 3 is 2.88 bits per heavy atom. The number of hydrogen-bond donors (Lipinski definition) is 0. The summed E-state index contributed by atoms with van der Waals surface area (Å²) in [7, 11) is 3.83. The predicted octanol–water partition coefficient (Wildman–Crippen LogP) is 2.79. The molecule has 1 aliphatic heterocycles. The van der Waals surface area contributed by atoms with Crippen molar-refractivity contribution in [2.24, 2.45) is 0 Å². The molecule has 0 radical (unpaired) electrons. The Morgan fingerprint density at radius 1 is 1.47 bits per heavy atom. The Balaban J connectivity index is 2.66. The van der Waals surface area contributed by atoms with E-state index in [-0.39, 0.29) is 0 Å². The predicted molar refractivity (Wildman–Crippen MR) is 67.2 cm³/mol. The molecule has 1 aromatic carbocycles. The number of halogens is 1. The van der Waals surface area contributed by atoms with Crippen LogP contribution < -0.4 is 4.74 Å². The third-order valence-electron chi connectivity index (χ3n) is 3.29. The van der Waals surface area contributed by atoms with Gasteiger partial charge < -0.3 is 4.74 Å². The first kappa shape index (κ1) is 12.2. The van der Waals surface area contributed by atoms with Gasteiger partial charge in [-0.3, -0.25) is 4.90 Å². The average Bonchev–Trinajstić information content (AvgIpc) is 2.50. The van der Waals surface area contributed by atoms with Gasteiger partial charge in [-0.25, -0.2) is 0 Å². The van der Waals surface area contributed by atoms with E-state index in [2.05, 4.69) is 6.07 Å². The zero-order valence-electron chi connectivity index (χ0n) is 10.0. The van der Waals surface area contributed by atoms with Crippen LogP contribution >= 0.6 is 11.6 Å². The lowest BCUT2D eigenvalue weighted by Gasteiger charge is -2.33. The van der Waals surface area contributed by atoms with Gasteiger partial charge in [0.25, 0.3) is 0 Å². The fraction of sp³-hybridized carbons (Fsp3) is 0.462. The number of hydrogen-bond acceptors (Lipinski definition) is 3. The normalized spacial score (nSPS) is 23.5. The second-order valence-corrected chi connectivity index (χ2v) is 4.84. The van der Waals surface area contributed by atoms with Crippen molar-refractivity contribution in [2.75, 3.05) is 20.7 Å². The van der Waals surface area contributed by atoms with Gasteiger partial charge in [-0.15, -0.1) is 0 Å². The van der Waals surface area contributed by atoms with Gasteiger partial charge in [0.15, 0.2) is 0 Å². The van der Waals surface area contributed by atoms with E-state index in [0.717, 1.165) is 18.4 Å². The summed E-state index contributed by atoms with van der Waals surface area (Å²) in [6.07, 6.45) is 1.60. The molecule has 2 rings (SSSR count). The van der Waals surface area contributed by atoms with Crippen LogP contribution in [0.2, 0.25) is 5.02 Å². The summed E-state index contributed by atoms with van der Waals surface area (Å²) in [5.41, 5.74) is 0.228. The number of nitrogens with zero attached hydrogens (tertiary/aromatic N) is 2. The largest absolute Gasteiger partial charge is 0.492 e. The Kier molecular flexibility index (Phi) is 3.28. The van der Waals surface area contributed by atoms with E-state index < -0.39 is 5.54 Å². The molecule has 0 saturated heterocycles. The molecule has 0 bridgehead atoms. The first-order valence-corrected chi connectivity index (χ1v) is 6.00. The maximum absolute atomic E-state index is 9.58. The SMILES string of the molecule is CN(C)C1(C#N)CCCOc2c(Cl)cccc21. The van der Waals surface area contributed by atoms with Crippen LogP contribution in [0.1, 0.15) is 18.4 Å². The Labute approximate surface area is 107 Å². The molecule has 0 aliphatic carbocycles. The van der Waals surface area contributed by atoms with Gasteiger partial charge in [0.2, 0.25) is 0 Å². The fourth-order valence-corrected chi connectivity index (χ4v) is 2.53. The summed E-state index contributed by atoms with van der Waals surface area (Å²) in [5, 5.41) is 10.2. The molecule has 1 unspecified atom stereocenters. The lowest BCUT2D eigenvalue weighted by atomic mass is 9.85. The van der Waals surface area contributed by atoms with Gasteiger partial charge in [0.1, 0.15) is 11.3 Å². The first-order chi connectivity index (χ1) is 8.12. The summed E-state index contributed by atoms with van der Waals surface area (Å²) in [6.45, 7) is 0.605. The molecule has 90 valence electrons. The molecule has 0 N–H and O–H groups in total. The minimum Gasteiger partial charge on any atom is -0.492 e. The molecule has 1 heterocycles. The molecule has 4 heteroatoms. The Morgan fingerprint density at radius 2 is 2.24 bits per heavy atom. The third kappa shape index (κ3) is 1.88. The van der Waals surface area contributed by atoms with Gasteiger partial charge in [-0.05, 0) is 33.0 Å². The van der Waals surface area contributed by atoms with Crippen LogP contribution in [-0.2, 0) is 5.54 Å². The van der Waals surface area contributed by atoms with Crippen LogP contribution in [-0.4, -0.2) is 25.6 Å². The van der Waals surface area contributed by atoms with Crippen molar-refractivity contribution in [3.8, 4) is 11.8 Å². The van der Waals surface area contributed by atoms with E-state index in [0.29, 0.717) is 17.4 Å². The highest BCUT2D eigenvalue weighted by atomic mass is 35.5. The minimum absolute atomic E-state index is 0.575. The standard InChI is InChI=1S/C13H15ClN2O/c1-16(2)13(9-15)7-4-8-17-12-10(13)5-3-6-11(12)14/h3,5-6H,4,7-8H2,1-2H3. The zero-order chi connectivity index (χ0) is 12.5. The molecular weight excluding hydrogens is 236 g/mol. The molecule has 0 spiro atoms. The molecule has 1 aliphatic rings. The highest BCUT2D eigenvalue weighted by molar-refractivity contribution is 6.32. The summed E-state index contributed by atoms with van der Waals surface area (Å²) in [6, 6.07) is 8.02. The topological polar surface area (TPSA) is 36.3 Å². The van der Waals surface area contributed by atoms with E-state index in [1.165, 1.54) is 0 Å². The van der Waals surface area contributed by atoms with Gasteiger partial charge >= 0.3 is 0 Å². The molecular formula is C13H15ClN2O. The molecule has 3 nitrogen and oxygen atoms in total. The zero-order valence-corrected chi connectivity index (χ0v) is 10.8. The van der Waals surface area contributed by atoms with Crippen LogP contribution in [0, 0.1) is 11.3 Å². The van der Waals surface area contributed by atoms with Gasteiger partial charge in [0.05, 0.1) is 17.7 Å². The third-order valence-corrected chi connectivity index (χ3v) is 3.59. The summed E-state index contributed by atoms with van der Waals surface area (Å²) < 4.78 is 5.68. The van der Waals surface area contributed by atoms with E-state index in [4.69, 9.17) is 16.3 Å². The van der Waals surface area contributed by atoms with Gasteiger partial charge in [0, 0.05) is 5.56 Å². The van der Waals surface area contributed by atoms with Crippen molar-refractivity contribution in [3.05, 3.63) is 28.8 Å². The highest BCUT2D eigenvalue weighted by Crippen LogP contribution is 2.42. The number of para-hydroxylation sites is 1. The molecule has 0 amide bonds. The van der Waals surface area contributed by atoms with Crippen LogP contribution in [0.4, 0.5) is 0 Å². The van der Waals surface area contributed by atoms with Crippen molar-refractivity contribution in [1.82, 2.24) is 4.90 Å². The quantitative estimate of drug-likeness (QED) is 0.769. The average molecular weight is 251 g/mol. The van der Waals surface area contributed by atoms with E-state index >= 15 is 0 Å². The summed E-state index contributed by atoms with van der Waals surface area (Å²) in [5.74, 6) is 0.655. The lowest BCUT2D eigenvalue weighted by Crippen LogP contribution is -2.39. The number of rotatable bonds is 1. The van der Waals surface area contributed by atoms with Crippen LogP contribution in [0.25, 0.3) is 0 Å². The smallest absolute Gasteiger partial charge is 0.144 e. The Hall–Kier alpha value is -1.24.